The van der Waals surface area contributed by atoms with Crippen molar-refractivity contribution in [1.82, 2.24) is 9.47 Å². The van der Waals surface area contributed by atoms with Gasteiger partial charge >= 0.3 is 0 Å². The zero-order valence-electron chi connectivity index (χ0n) is 11.2. The third kappa shape index (κ3) is 3.01. The van der Waals surface area contributed by atoms with Crippen molar-refractivity contribution < 1.29 is 0 Å². The van der Waals surface area contributed by atoms with Crippen molar-refractivity contribution in [3.63, 3.8) is 0 Å². The molecule has 1 heterocycles. The Morgan fingerprint density at radius 2 is 1.94 bits per heavy atom. The summed E-state index contributed by atoms with van der Waals surface area (Å²) in [4.78, 5) is 2.18. The molecule has 0 fully saturated rings. The summed E-state index contributed by atoms with van der Waals surface area (Å²) in [5, 5.41) is 9.03. The van der Waals surface area contributed by atoms with Crippen LogP contribution in [0, 0.1) is 25.2 Å². The van der Waals surface area contributed by atoms with Gasteiger partial charge in [0.15, 0.2) is 0 Å². The highest BCUT2D eigenvalue weighted by Crippen LogP contribution is 2.23. The molecule has 0 atom stereocenters. The van der Waals surface area contributed by atoms with E-state index in [0.717, 1.165) is 37.2 Å². The van der Waals surface area contributed by atoms with Gasteiger partial charge in [0.05, 0.1) is 5.56 Å². The first-order valence-corrected chi connectivity index (χ1v) is 5.99. The summed E-state index contributed by atoms with van der Waals surface area (Å²) in [5.74, 6) is 0.618. The number of anilines is 1. The summed E-state index contributed by atoms with van der Waals surface area (Å²) in [6.07, 6.45) is 2.23. The van der Waals surface area contributed by atoms with Crippen molar-refractivity contribution >= 4 is 5.82 Å². The predicted octanol–water partition coefficient (Wildman–Crippen LogP) is 1.90. The minimum atomic E-state index is 0.618. The van der Waals surface area contributed by atoms with Crippen molar-refractivity contribution in [2.75, 3.05) is 26.4 Å². The molecule has 0 spiro atoms. The molecule has 94 valence electrons. The minimum Gasteiger partial charge on any atom is -0.384 e. The Kier molecular flexibility index (Phi) is 4.59. The molecule has 0 aliphatic carbocycles. The van der Waals surface area contributed by atoms with E-state index in [1.807, 2.05) is 13.8 Å². The smallest absolute Gasteiger partial charge is 0.122 e. The fourth-order valence-corrected chi connectivity index (χ4v) is 2.02. The second-order valence-electron chi connectivity index (χ2n) is 4.74. The molecule has 0 saturated heterocycles. The van der Waals surface area contributed by atoms with Gasteiger partial charge < -0.3 is 15.2 Å². The third-order valence-corrected chi connectivity index (χ3v) is 3.22. The van der Waals surface area contributed by atoms with Gasteiger partial charge in [-0.05, 0) is 52.9 Å². The summed E-state index contributed by atoms with van der Waals surface area (Å²) in [5.41, 5.74) is 8.75. The first-order valence-electron chi connectivity index (χ1n) is 5.99. The molecule has 4 nitrogen and oxygen atoms in total. The Hall–Kier alpha value is -1.47. The van der Waals surface area contributed by atoms with Crippen molar-refractivity contribution in [3.05, 3.63) is 16.8 Å². The van der Waals surface area contributed by atoms with E-state index in [0.29, 0.717) is 11.4 Å². The number of hydrogen-bond acceptors (Lipinski definition) is 3. The Morgan fingerprint density at radius 3 is 2.41 bits per heavy atom. The van der Waals surface area contributed by atoms with Crippen molar-refractivity contribution in [3.8, 4) is 6.07 Å². The Labute approximate surface area is 104 Å². The number of nitrogens with zero attached hydrogens (tertiary/aromatic N) is 3. The van der Waals surface area contributed by atoms with Crippen LogP contribution in [0.2, 0.25) is 0 Å². The van der Waals surface area contributed by atoms with Crippen LogP contribution < -0.4 is 5.73 Å². The predicted molar refractivity (Wildman–Crippen MR) is 70.8 cm³/mol. The normalized spacial score (nSPS) is 10.8. The van der Waals surface area contributed by atoms with Gasteiger partial charge in [-0.1, -0.05) is 0 Å². The lowest BCUT2D eigenvalue weighted by Gasteiger charge is -2.11. The van der Waals surface area contributed by atoms with Gasteiger partial charge in [0, 0.05) is 12.2 Å². The molecule has 0 unspecified atom stereocenters. The van der Waals surface area contributed by atoms with E-state index in [2.05, 4.69) is 29.6 Å². The fraction of sp³-hybridized carbons (Fsp3) is 0.615. The van der Waals surface area contributed by atoms with E-state index in [1.54, 1.807) is 0 Å². The number of hydrogen-bond donors (Lipinski definition) is 1. The van der Waals surface area contributed by atoms with Crippen LogP contribution in [0.3, 0.4) is 0 Å². The molecular formula is C13H22N4. The van der Waals surface area contributed by atoms with Crippen LogP contribution in [0.5, 0.6) is 0 Å². The van der Waals surface area contributed by atoms with Gasteiger partial charge in [-0.15, -0.1) is 0 Å². The molecule has 1 rings (SSSR count). The lowest BCUT2D eigenvalue weighted by atomic mass is 10.2. The maximum atomic E-state index is 9.03. The number of unbranched alkanes of at least 4 members (excludes halogenated alkanes) is 1. The maximum absolute atomic E-state index is 9.03. The van der Waals surface area contributed by atoms with Crippen LogP contribution in [0.1, 0.15) is 29.7 Å². The highest BCUT2D eigenvalue weighted by molar-refractivity contribution is 5.57. The largest absolute Gasteiger partial charge is 0.384 e. The maximum Gasteiger partial charge on any atom is 0.122 e. The molecular weight excluding hydrogens is 212 g/mol. The monoisotopic (exact) mass is 234 g/mol. The van der Waals surface area contributed by atoms with Gasteiger partial charge in [-0.3, -0.25) is 0 Å². The lowest BCUT2D eigenvalue weighted by Crippen LogP contribution is -2.14. The van der Waals surface area contributed by atoms with Crippen molar-refractivity contribution in [2.45, 2.75) is 33.2 Å². The highest BCUT2D eigenvalue weighted by atomic mass is 15.1. The molecule has 0 aromatic carbocycles. The third-order valence-electron chi connectivity index (χ3n) is 3.22. The van der Waals surface area contributed by atoms with E-state index < -0.39 is 0 Å². The number of nitrogen functional groups attached to an aromatic ring is 1. The number of nitriles is 1. The van der Waals surface area contributed by atoms with Gasteiger partial charge in [0.1, 0.15) is 11.9 Å². The van der Waals surface area contributed by atoms with Crippen LogP contribution >= 0.6 is 0 Å². The quantitative estimate of drug-likeness (QED) is 0.792. The molecule has 17 heavy (non-hydrogen) atoms. The standard InChI is InChI=1S/C13H22N4/c1-10-11(2)17(13(15)12(10)9-14)8-6-5-7-16(3)4/h5-8,15H2,1-4H3. The Balaban J connectivity index is 2.69. The molecule has 1 aromatic rings. The highest BCUT2D eigenvalue weighted by Gasteiger charge is 2.14. The number of aromatic nitrogens is 1. The number of nitrogens with two attached hydrogens (primary N) is 1. The van der Waals surface area contributed by atoms with Crippen LogP contribution in [-0.2, 0) is 6.54 Å². The van der Waals surface area contributed by atoms with E-state index in [-0.39, 0.29) is 0 Å². The summed E-state index contributed by atoms with van der Waals surface area (Å²) in [6.45, 7) is 5.97. The SMILES string of the molecule is Cc1c(C#N)c(N)n(CCCCN(C)C)c1C. The van der Waals surface area contributed by atoms with Crippen LogP contribution in [0.4, 0.5) is 5.82 Å². The van der Waals surface area contributed by atoms with E-state index in [4.69, 9.17) is 11.0 Å². The van der Waals surface area contributed by atoms with Gasteiger partial charge in [0.2, 0.25) is 0 Å². The molecule has 4 heteroatoms. The van der Waals surface area contributed by atoms with Gasteiger partial charge in [-0.2, -0.15) is 5.26 Å². The van der Waals surface area contributed by atoms with Gasteiger partial charge in [0.25, 0.3) is 0 Å². The first-order chi connectivity index (χ1) is 7.99. The fourth-order valence-electron chi connectivity index (χ4n) is 2.02. The van der Waals surface area contributed by atoms with E-state index in [1.165, 1.54) is 0 Å². The molecule has 0 saturated carbocycles. The van der Waals surface area contributed by atoms with Crippen molar-refractivity contribution in [1.29, 1.82) is 5.26 Å². The molecule has 1 aromatic heterocycles. The first kappa shape index (κ1) is 13.6. The average molecular weight is 234 g/mol. The molecule has 0 aliphatic rings. The summed E-state index contributed by atoms with van der Waals surface area (Å²) >= 11 is 0. The molecule has 0 aliphatic heterocycles. The number of rotatable bonds is 5. The molecule has 0 amide bonds. The zero-order valence-corrected chi connectivity index (χ0v) is 11.2. The summed E-state index contributed by atoms with van der Waals surface area (Å²) in [6, 6.07) is 2.18. The summed E-state index contributed by atoms with van der Waals surface area (Å²) in [7, 11) is 4.15. The van der Waals surface area contributed by atoms with E-state index >= 15 is 0 Å². The Bertz CT molecular complexity index is 424. The van der Waals surface area contributed by atoms with E-state index in [9.17, 15) is 0 Å². The molecule has 2 N–H and O–H groups in total. The summed E-state index contributed by atoms with van der Waals surface area (Å²) < 4.78 is 2.06. The topological polar surface area (TPSA) is 58.0 Å². The second kappa shape index (κ2) is 5.74. The second-order valence-corrected chi connectivity index (χ2v) is 4.74. The van der Waals surface area contributed by atoms with Crippen LogP contribution in [0.15, 0.2) is 0 Å². The zero-order chi connectivity index (χ0) is 13.0. The van der Waals surface area contributed by atoms with Gasteiger partial charge in [-0.25, -0.2) is 0 Å². The van der Waals surface area contributed by atoms with Crippen molar-refractivity contribution in [2.24, 2.45) is 0 Å². The Morgan fingerprint density at radius 1 is 1.29 bits per heavy atom. The average Bonchev–Trinajstić information content (AvgIpc) is 2.47. The minimum absolute atomic E-state index is 0.618. The van der Waals surface area contributed by atoms with Crippen LogP contribution in [-0.4, -0.2) is 30.1 Å². The van der Waals surface area contributed by atoms with Crippen LogP contribution in [0.25, 0.3) is 0 Å². The lowest BCUT2D eigenvalue weighted by molar-refractivity contribution is 0.387. The molecule has 0 bridgehead atoms. The molecule has 0 radical (unpaired) electrons.